The third-order valence-corrected chi connectivity index (χ3v) is 2.64. The lowest BCUT2D eigenvalue weighted by Crippen LogP contribution is -1.90. The molecule has 0 saturated carbocycles. The van der Waals surface area contributed by atoms with Crippen LogP contribution in [0.1, 0.15) is 5.82 Å². The van der Waals surface area contributed by atoms with E-state index in [0.29, 0.717) is 0 Å². The first kappa shape index (κ1) is 7.55. The van der Waals surface area contributed by atoms with Gasteiger partial charge in [0.2, 0.25) is 0 Å². The van der Waals surface area contributed by atoms with Gasteiger partial charge >= 0.3 is 0 Å². The van der Waals surface area contributed by atoms with Crippen LogP contribution in [0.3, 0.4) is 0 Å². The van der Waals surface area contributed by atoms with Gasteiger partial charge in [0.15, 0.2) is 0 Å². The van der Waals surface area contributed by atoms with E-state index in [1.54, 1.807) is 6.20 Å². The highest BCUT2D eigenvalue weighted by Gasteiger charge is 2.08. The predicted molar refractivity (Wildman–Crippen MR) is 55.1 cm³/mol. The zero-order chi connectivity index (χ0) is 9.71. The molecule has 1 N–H and O–H groups in total. The van der Waals surface area contributed by atoms with Gasteiger partial charge in [0.05, 0.1) is 11.7 Å². The Labute approximate surface area is 80.6 Å². The lowest BCUT2D eigenvalue weighted by Gasteiger charge is -1.97. The Balaban J connectivity index is 2.66. The number of fused-ring (bicyclic) bond motifs is 3. The highest BCUT2D eigenvalue weighted by atomic mass is 15.1. The zero-order valence-corrected chi connectivity index (χ0v) is 8.07. The molecule has 0 bridgehead atoms. The van der Waals surface area contributed by atoms with Gasteiger partial charge in [-0.15, -0.1) is 0 Å². The van der Waals surface area contributed by atoms with Gasteiger partial charge in [-0.25, -0.2) is 9.97 Å². The number of rotatable bonds is 0. The third-order valence-electron chi connectivity index (χ3n) is 2.64. The number of aromatic nitrogens is 4. The molecule has 0 radical (unpaired) electrons. The molecule has 0 aliphatic carbocycles. The smallest absolute Gasteiger partial charge is 0.139 e. The number of hydrogen-bond acceptors (Lipinski definition) is 2. The van der Waals surface area contributed by atoms with Crippen LogP contribution in [0.4, 0.5) is 0 Å². The monoisotopic (exact) mass is 186 g/mol. The van der Waals surface area contributed by atoms with E-state index in [9.17, 15) is 0 Å². The molecule has 14 heavy (non-hydrogen) atoms. The van der Waals surface area contributed by atoms with Gasteiger partial charge in [-0.3, -0.25) is 0 Å². The number of aromatic amines is 1. The maximum absolute atomic E-state index is 4.43. The summed E-state index contributed by atoms with van der Waals surface area (Å²) >= 11 is 0. The minimum atomic E-state index is 0.917. The van der Waals surface area contributed by atoms with Crippen molar-refractivity contribution >= 4 is 22.1 Å². The van der Waals surface area contributed by atoms with Gasteiger partial charge in [-0.05, 0) is 13.0 Å². The van der Waals surface area contributed by atoms with Crippen molar-refractivity contribution in [3.63, 3.8) is 0 Å². The average Bonchev–Trinajstić information content (AvgIpc) is 2.72. The molecule has 3 aromatic rings. The molecule has 0 atom stereocenters. The second-order valence-electron chi connectivity index (χ2n) is 3.45. The molecule has 4 nitrogen and oxygen atoms in total. The first-order chi connectivity index (χ1) is 6.77. The van der Waals surface area contributed by atoms with E-state index in [1.165, 1.54) is 0 Å². The Kier molecular flexibility index (Phi) is 1.27. The van der Waals surface area contributed by atoms with E-state index in [2.05, 4.69) is 19.5 Å². The standard InChI is InChI=1S/C10H10N4/c1-6-13-8-5-12-10-7(3-4-11-10)9(8)14(6)2/h3-5H,1-2H3,(H,11,12). The van der Waals surface area contributed by atoms with Crippen LogP contribution in [0.2, 0.25) is 0 Å². The fourth-order valence-corrected chi connectivity index (χ4v) is 1.83. The maximum atomic E-state index is 4.43. The van der Waals surface area contributed by atoms with Gasteiger partial charge < -0.3 is 9.55 Å². The highest BCUT2D eigenvalue weighted by Crippen LogP contribution is 2.22. The number of pyridine rings is 1. The van der Waals surface area contributed by atoms with Crippen LogP contribution in [0.25, 0.3) is 22.1 Å². The van der Waals surface area contributed by atoms with E-state index in [0.717, 1.165) is 27.9 Å². The topological polar surface area (TPSA) is 46.5 Å². The Bertz CT molecular complexity index is 617. The van der Waals surface area contributed by atoms with E-state index in [1.807, 2.05) is 26.2 Å². The van der Waals surface area contributed by atoms with Gasteiger partial charge in [0, 0.05) is 18.6 Å². The van der Waals surface area contributed by atoms with Gasteiger partial charge in [-0.2, -0.15) is 0 Å². The molecular formula is C10H10N4. The summed E-state index contributed by atoms with van der Waals surface area (Å²) in [5.41, 5.74) is 3.02. The molecule has 0 amide bonds. The molecule has 70 valence electrons. The Morgan fingerprint density at radius 2 is 2.29 bits per heavy atom. The van der Waals surface area contributed by atoms with Crippen molar-refractivity contribution in [3.8, 4) is 0 Å². The van der Waals surface area contributed by atoms with Crippen molar-refractivity contribution in [2.75, 3.05) is 0 Å². The van der Waals surface area contributed by atoms with Crippen LogP contribution < -0.4 is 0 Å². The molecule has 0 aliphatic rings. The number of aryl methyl sites for hydroxylation is 2. The zero-order valence-electron chi connectivity index (χ0n) is 8.07. The van der Waals surface area contributed by atoms with E-state index < -0.39 is 0 Å². The second kappa shape index (κ2) is 2.35. The van der Waals surface area contributed by atoms with Crippen LogP contribution in [0, 0.1) is 6.92 Å². The first-order valence-corrected chi connectivity index (χ1v) is 4.52. The Morgan fingerprint density at radius 3 is 3.14 bits per heavy atom. The summed E-state index contributed by atoms with van der Waals surface area (Å²) < 4.78 is 2.09. The van der Waals surface area contributed by atoms with Crippen LogP contribution in [0.15, 0.2) is 18.5 Å². The summed E-state index contributed by atoms with van der Waals surface area (Å²) in [5, 5.41) is 1.13. The largest absolute Gasteiger partial charge is 0.346 e. The van der Waals surface area contributed by atoms with E-state index in [4.69, 9.17) is 0 Å². The minimum absolute atomic E-state index is 0.917. The molecular weight excluding hydrogens is 176 g/mol. The number of H-pyrrole nitrogens is 1. The molecule has 0 aromatic carbocycles. The number of nitrogens with zero attached hydrogens (tertiary/aromatic N) is 3. The Hall–Kier alpha value is -1.84. The van der Waals surface area contributed by atoms with Crippen LogP contribution in [0.5, 0.6) is 0 Å². The number of hydrogen-bond donors (Lipinski definition) is 1. The molecule has 3 aromatic heterocycles. The first-order valence-electron chi connectivity index (χ1n) is 4.52. The van der Waals surface area contributed by atoms with Crippen molar-refractivity contribution in [2.24, 2.45) is 7.05 Å². The summed E-state index contributed by atoms with van der Waals surface area (Å²) in [6, 6.07) is 2.03. The summed E-state index contributed by atoms with van der Waals surface area (Å²) in [4.78, 5) is 11.8. The van der Waals surface area contributed by atoms with Crippen LogP contribution in [-0.2, 0) is 7.05 Å². The van der Waals surface area contributed by atoms with Crippen LogP contribution >= 0.6 is 0 Å². The fraction of sp³-hybridized carbons (Fsp3) is 0.200. The molecule has 0 saturated heterocycles. The summed E-state index contributed by atoms with van der Waals surface area (Å²) in [6.07, 6.45) is 3.71. The summed E-state index contributed by atoms with van der Waals surface area (Å²) in [6.45, 7) is 2.00. The molecule has 0 spiro atoms. The van der Waals surface area contributed by atoms with Crippen molar-refractivity contribution in [1.29, 1.82) is 0 Å². The van der Waals surface area contributed by atoms with Crippen molar-refractivity contribution in [3.05, 3.63) is 24.3 Å². The summed E-state index contributed by atoms with van der Waals surface area (Å²) in [5.74, 6) is 1.01. The summed E-state index contributed by atoms with van der Waals surface area (Å²) in [7, 11) is 2.02. The van der Waals surface area contributed by atoms with E-state index in [-0.39, 0.29) is 0 Å². The quantitative estimate of drug-likeness (QED) is 0.581. The second-order valence-corrected chi connectivity index (χ2v) is 3.45. The number of imidazole rings is 1. The molecule has 0 unspecified atom stereocenters. The number of nitrogens with one attached hydrogen (secondary N) is 1. The van der Waals surface area contributed by atoms with Gasteiger partial charge in [0.1, 0.15) is 17.0 Å². The van der Waals surface area contributed by atoms with Crippen molar-refractivity contribution < 1.29 is 0 Å². The molecule has 4 heteroatoms. The van der Waals surface area contributed by atoms with Crippen LogP contribution in [-0.4, -0.2) is 19.5 Å². The lowest BCUT2D eigenvalue weighted by atomic mass is 10.3. The lowest BCUT2D eigenvalue weighted by molar-refractivity contribution is 0.888. The normalized spacial score (nSPS) is 11.6. The molecule has 3 heterocycles. The SMILES string of the molecule is Cc1nc2cnc3[nH]ccc3c2n1C. The van der Waals surface area contributed by atoms with E-state index >= 15 is 0 Å². The highest BCUT2D eigenvalue weighted by molar-refractivity contribution is 6.01. The van der Waals surface area contributed by atoms with Crippen molar-refractivity contribution in [1.82, 2.24) is 19.5 Å². The maximum Gasteiger partial charge on any atom is 0.139 e. The average molecular weight is 186 g/mol. The van der Waals surface area contributed by atoms with Gasteiger partial charge in [-0.1, -0.05) is 0 Å². The fourth-order valence-electron chi connectivity index (χ4n) is 1.83. The third kappa shape index (κ3) is 0.775. The molecule has 3 rings (SSSR count). The predicted octanol–water partition coefficient (Wildman–Crippen LogP) is 1.76. The molecule has 0 fully saturated rings. The van der Waals surface area contributed by atoms with Crippen molar-refractivity contribution in [2.45, 2.75) is 6.92 Å². The molecule has 0 aliphatic heterocycles. The minimum Gasteiger partial charge on any atom is -0.346 e. The Morgan fingerprint density at radius 1 is 1.43 bits per heavy atom. The van der Waals surface area contributed by atoms with Gasteiger partial charge in [0.25, 0.3) is 0 Å².